The summed E-state index contributed by atoms with van der Waals surface area (Å²) >= 11 is 1.63. The Bertz CT molecular complexity index is 1070. The number of thiophene rings is 1. The van der Waals surface area contributed by atoms with Crippen LogP contribution in [0.2, 0.25) is 0 Å². The number of carbonyl (C=O) groups is 1. The number of ether oxygens (including phenoxy) is 1. The number of aromatic nitrogens is 2. The molecule has 32 heavy (non-hydrogen) atoms. The summed E-state index contributed by atoms with van der Waals surface area (Å²) in [5, 5.41) is 3.14. The number of rotatable bonds is 4. The third kappa shape index (κ3) is 4.48. The zero-order valence-corrected chi connectivity index (χ0v) is 19.4. The molecule has 1 amide bonds. The van der Waals surface area contributed by atoms with Gasteiger partial charge in [-0.15, -0.1) is 11.3 Å². The van der Waals surface area contributed by atoms with Crippen LogP contribution in [0.1, 0.15) is 29.8 Å². The van der Waals surface area contributed by atoms with E-state index in [1.54, 1.807) is 17.7 Å². The van der Waals surface area contributed by atoms with Gasteiger partial charge in [-0.1, -0.05) is 12.1 Å². The molecule has 0 aliphatic carbocycles. The van der Waals surface area contributed by atoms with Gasteiger partial charge in [-0.3, -0.25) is 9.69 Å². The first-order valence-electron chi connectivity index (χ1n) is 11.3. The summed E-state index contributed by atoms with van der Waals surface area (Å²) < 4.78 is 5.82. The van der Waals surface area contributed by atoms with Gasteiger partial charge < -0.3 is 14.5 Å². The lowest BCUT2D eigenvalue weighted by atomic mass is 10.1. The molecule has 168 valence electrons. The molecule has 0 spiro atoms. The molecule has 2 aliphatic heterocycles. The van der Waals surface area contributed by atoms with E-state index >= 15 is 0 Å². The lowest BCUT2D eigenvalue weighted by molar-refractivity contribution is -0.0704. The molecule has 2 fully saturated rings. The Morgan fingerprint density at radius 2 is 1.75 bits per heavy atom. The Kier molecular flexibility index (Phi) is 6.08. The number of amides is 1. The predicted molar refractivity (Wildman–Crippen MR) is 127 cm³/mol. The summed E-state index contributed by atoms with van der Waals surface area (Å²) in [6.45, 7) is 9.97. The van der Waals surface area contributed by atoms with Crippen LogP contribution in [0.5, 0.6) is 0 Å². The van der Waals surface area contributed by atoms with E-state index in [2.05, 4.69) is 51.8 Å². The third-order valence-corrected chi connectivity index (χ3v) is 7.03. The van der Waals surface area contributed by atoms with E-state index in [1.165, 1.54) is 5.56 Å². The summed E-state index contributed by atoms with van der Waals surface area (Å²) in [7, 11) is 0. The second-order valence-corrected chi connectivity index (χ2v) is 9.66. The van der Waals surface area contributed by atoms with Crippen molar-refractivity contribution in [2.75, 3.05) is 44.2 Å². The fourth-order valence-corrected chi connectivity index (χ4v) is 5.48. The number of piperazine rings is 1. The van der Waals surface area contributed by atoms with Gasteiger partial charge in [0.2, 0.25) is 0 Å². The van der Waals surface area contributed by atoms with Gasteiger partial charge >= 0.3 is 0 Å². The topological polar surface area (TPSA) is 61.8 Å². The van der Waals surface area contributed by atoms with Gasteiger partial charge in [0, 0.05) is 51.4 Å². The zero-order valence-electron chi connectivity index (χ0n) is 18.6. The average Bonchev–Trinajstić information content (AvgIpc) is 3.28. The van der Waals surface area contributed by atoms with E-state index in [0.717, 1.165) is 54.3 Å². The number of carbonyl (C=O) groups excluding carboxylic acids is 1. The first-order chi connectivity index (χ1) is 15.6. The number of benzene rings is 1. The minimum Gasteiger partial charge on any atom is -0.373 e. The normalized spacial score (nSPS) is 22.4. The molecule has 2 aliphatic rings. The van der Waals surface area contributed by atoms with Gasteiger partial charge in [0.25, 0.3) is 5.91 Å². The fourth-order valence-electron chi connectivity index (χ4n) is 4.76. The Morgan fingerprint density at radius 1 is 1.03 bits per heavy atom. The van der Waals surface area contributed by atoms with E-state index in [4.69, 9.17) is 4.74 Å². The first kappa shape index (κ1) is 21.3. The smallest absolute Gasteiger partial charge is 0.253 e. The monoisotopic (exact) mass is 451 g/mol. The van der Waals surface area contributed by atoms with Gasteiger partial charge in [-0.2, -0.15) is 0 Å². The van der Waals surface area contributed by atoms with Crippen LogP contribution in [0.3, 0.4) is 0 Å². The highest BCUT2D eigenvalue weighted by Crippen LogP contribution is 2.27. The highest BCUT2D eigenvalue weighted by molar-refractivity contribution is 7.16. The Hall–Kier alpha value is -2.55. The molecule has 3 aromatic rings. The van der Waals surface area contributed by atoms with Crippen LogP contribution < -0.4 is 4.90 Å². The highest BCUT2D eigenvalue weighted by atomic mass is 32.1. The SMILES string of the molecule is CC1CN(Cc2ccc(C(=O)N3CCN(c4ncnc5sccc45)CC3)cc2)CC(C)O1. The summed E-state index contributed by atoms with van der Waals surface area (Å²) in [4.78, 5) is 29.5. The second kappa shape index (κ2) is 9.13. The Labute approximate surface area is 192 Å². The quantitative estimate of drug-likeness (QED) is 0.607. The maximum absolute atomic E-state index is 13.1. The van der Waals surface area contributed by atoms with E-state index in [9.17, 15) is 4.79 Å². The van der Waals surface area contributed by atoms with Gasteiger partial charge in [0.05, 0.1) is 17.6 Å². The van der Waals surface area contributed by atoms with Crippen molar-refractivity contribution in [3.63, 3.8) is 0 Å². The number of fused-ring (bicyclic) bond motifs is 1. The molecule has 2 atom stereocenters. The summed E-state index contributed by atoms with van der Waals surface area (Å²) in [5.74, 6) is 1.08. The van der Waals surface area contributed by atoms with Crippen LogP contribution in [-0.4, -0.2) is 77.2 Å². The van der Waals surface area contributed by atoms with Crippen molar-refractivity contribution in [1.82, 2.24) is 19.8 Å². The zero-order chi connectivity index (χ0) is 22.1. The van der Waals surface area contributed by atoms with Gasteiger partial charge in [-0.05, 0) is 43.0 Å². The summed E-state index contributed by atoms with van der Waals surface area (Å²) in [5.41, 5.74) is 1.99. The van der Waals surface area contributed by atoms with Crippen molar-refractivity contribution < 1.29 is 9.53 Å². The molecule has 4 heterocycles. The molecule has 0 saturated carbocycles. The number of morpholine rings is 1. The minimum atomic E-state index is 0.105. The van der Waals surface area contributed by atoms with Crippen LogP contribution in [0.25, 0.3) is 10.2 Å². The van der Waals surface area contributed by atoms with Crippen molar-refractivity contribution in [2.45, 2.75) is 32.6 Å². The first-order valence-corrected chi connectivity index (χ1v) is 12.1. The molecule has 0 N–H and O–H groups in total. The maximum atomic E-state index is 13.1. The molecule has 1 aromatic carbocycles. The van der Waals surface area contributed by atoms with E-state index in [1.807, 2.05) is 22.4 Å². The predicted octanol–water partition coefficient (Wildman–Crippen LogP) is 3.26. The van der Waals surface area contributed by atoms with Crippen molar-refractivity contribution >= 4 is 33.3 Å². The maximum Gasteiger partial charge on any atom is 0.253 e. The summed E-state index contributed by atoms with van der Waals surface area (Å²) in [6, 6.07) is 10.2. The molecular formula is C24H29N5O2S. The third-order valence-electron chi connectivity index (χ3n) is 6.21. The molecule has 0 bridgehead atoms. The molecule has 0 radical (unpaired) electrons. The van der Waals surface area contributed by atoms with Crippen LogP contribution in [0, 0.1) is 0 Å². The van der Waals surface area contributed by atoms with Gasteiger partial charge in [-0.25, -0.2) is 9.97 Å². The molecule has 2 aromatic heterocycles. The van der Waals surface area contributed by atoms with Crippen LogP contribution in [-0.2, 0) is 11.3 Å². The Balaban J connectivity index is 1.19. The van der Waals surface area contributed by atoms with Gasteiger partial charge in [0.15, 0.2) is 0 Å². The average molecular weight is 452 g/mol. The van der Waals surface area contributed by atoms with Crippen molar-refractivity contribution in [3.8, 4) is 0 Å². The molecule has 5 rings (SSSR count). The lowest BCUT2D eigenvalue weighted by Gasteiger charge is -2.36. The molecule has 8 heteroatoms. The molecular weight excluding hydrogens is 422 g/mol. The lowest BCUT2D eigenvalue weighted by Crippen LogP contribution is -2.49. The minimum absolute atomic E-state index is 0.105. The van der Waals surface area contributed by atoms with Crippen LogP contribution >= 0.6 is 11.3 Å². The number of anilines is 1. The van der Waals surface area contributed by atoms with E-state index in [0.29, 0.717) is 13.1 Å². The molecule has 7 nitrogen and oxygen atoms in total. The summed E-state index contributed by atoms with van der Waals surface area (Å²) in [6.07, 6.45) is 2.15. The van der Waals surface area contributed by atoms with Crippen molar-refractivity contribution in [1.29, 1.82) is 0 Å². The van der Waals surface area contributed by atoms with E-state index < -0.39 is 0 Å². The molecule has 2 unspecified atom stereocenters. The number of hydrogen-bond acceptors (Lipinski definition) is 7. The molecule has 2 saturated heterocycles. The largest absolute Gasteiger partial charge is 0.373 e. The highest BCUT2D eigenvalue weighted by Gasteiger charge is 2.25. The van der Waals surface area contributed by atoms with Crippen LogP contribution in [0.4, 0.5) is 5.82 Å². The fraction of sp³-hybridized carbons (Fsp3) is 0.458. The van der Waals surface area contributed by atoms with Crippen molar-refractivity contribution in [2.24, 2.45) is 0 Å². The van der Waals surface area contributed by atoms with Crippen LogP contribution in [0.15, 0.2) is 42.0 Å². The number of nitrogens with zero attached hydrogens (tertiary/aromatic N) is 5. The van der Waals surface area contributed by atoms with E-state index in [-0.39, 0.29) is 18.1 Å². The Morgan fingerprint density at radius 3 is 2.47 bits per heavy atom. The second-order valence-electron chi connectivity index (χ2n) is 8.76. The van der Waals surface area contributed by atoms with Crippen molar-refractivity contribution in [3.05, 3.63) is 53.2 Å². The number of hydrogen-bond donors (Lipinski definition) is 0. The van der Waals surface area contributed by atoms with Gasteiger partial charge in [0.1, 0.15) is 17.0 Å². The standard InChI is InChI=1S/C24H29N5O2S/c1-17-13-27(14-18(2)31-17)15-19-3-5-20(6-4-19)24(30)29-10-8-28(9-11-29)22-21-7-12-32-23(21)26-16-25-22/h3-7,12,16-18H,8-11,13-15H2,1-2H3.